The summed E-state index contributed by atoms with van der Waals surface area (Å²) < 4.78 is 0. The predicted octanol–water partition coefficient (Wildman–Crippen LogP) is 0.443. The van der Waals surface area contributed by atoms with Crippen molar-refractivity contribution in [2.75, 3.05) is 33.2 Å². The number of likely N-dealkylation sites (N-methyl/N-ethyl adjacent to an activating group) is 1. The number of nitrogens with one attached hydrogen (secondary N) is 1. The molecule has 6 heteroatoms. The van der Waals surface area contributed by atoms with Gasteiger partial charge in [-0.05, 0) is 13.0 Å². The monoisotopic (exact) mass is 257 g/mol. The van der Waals surface area contributed by atoms with E-state index in [-0.39, 0.29) is 11.9 Å². The Bertz CT molecular complexity index is 301. The van der Waals surface area contributed by atoms with Crippen LogP contribution in [0.1, 0.15) is 20.3 Å². The third-order valence-electron chi connectivity index (χ3n) is 3.55. The second-order valence-corrected chi connectivity index (χ2v) is 4.94. The van der Waals surface area contributed by atoms with Crippen molar-refractivity contribution in [2.45, 2.75) is 26.3 Å². The molecule has 2 atom stereocenters. The van der Waals surface area contributed by atoms with E-state index < -0.39 is 12.0 Å². The average Bonchev–Trinajstić information content (AvgIpc) is 2.35. The van der Waals surface area contributed by atoms with Crippen LogP contribution in [0.4, 0.5) is 4.79 Å². The van der Waals surface area contributed by atoms with Gasteiger partial charge < -0.3 is 20.2 Å². The molecule has 1 fully saturated rings. The summed E-state index contributed by atoms with van der Waals surface area (Å²) in [6, 6.07) is -1.07. The fourth-order valence-electron chi connectivity index (χ4n) is 1.92. The van der Waals surface area contributed by atoms with Crippen molar-refractivity contribution in [1.29, 1.82) is 0 Å². The molecule has 0 saturated carbocycles. The number of carbonyl (C=O) groups excluding carboxylic acids is 1. The molecule has 6 nitrogen and oxygen atoms in total. The van der Waals surface area contributed by atoms with Gasteiger partial charge in [-0.15, -0.1) is 0 Å². The van der Waals surface area contributed by atoms with Crippen molar-refractivity contribution >= 4 is 12.0 Å². The Kier molecular flexibility index (Phi) is 5.40. The molecule has 0 spiro atoms. The number of carbonyl (C=O) groups is 2. The number of hydrogen-bond donors (Lipinski definition) is 2. The van der Waals surface area contributed by atoms with Crippen molar-refractivity contribution in [2.24, 2.45) is 5.92 Å². The molecule has 1 rings (SSSR count). The second kappa shape index (κ2) is 6.58. The molecule has 0 aromatic rings. The Morgan fingerprint density at radius 1 is 1.28 bits per heavy atom. The fourth-order valence-corrected chi connectivity index (χ4v) is 1.92. The number of hydrogen-bond acceptors (Lipinski definition) is 3. The van der Waals surface area contributed by atoms with E-state index in [1.54, 1.807) is 4.90 Å². The lowest BCUT2D eigenvalue weighted by Gasteiger charge is -2.33. The molecule has 2 amide bonds. The SMILES string of the molecule is CCC(C)[C@H](NC(=O)N1CCN(C)CC1)C(=O)O. The predicted molar refractivity (Wildman–Crippen MR) is 68.5 cm³/mol. The zero-order valence-corrected chi connectivity index (χ0v) is 11.3. The third-order valence-corrected chi connectivity index (χ3v) is 3.55. The minimum absolute atomic E-state index is 0.0704. The lowest BCUT2D eigenvalue weighted by atomic mass is 9.99. The summed E-state index contributed by atoms with van der Waals surface area (Å²) in [4.78, 5) is 26.9. The molecule has 0 aromatic heterocycles. The van der Waals surface area contributed by atoms with Crippen LogP contribution in [-0.2, 0) is 4.79 Å². The van der Waals surface area contributed by atoms with E-state index in [0.717, 1.165) is 19.5 Å². The van der Waals surface area contributed by atoms with Crippen LogP contribution < -0.4 is 5.32 Å². The highest BCUT2D eigenvalue weighted by molar-refractivity contribution is 5.82. The first-order valence-electron chi connectivity index (χ1n) is 6.42. The minimum Gasteiger partial charge on any atom is -0.480 e. The van der Waals surface area contributed by atoms with Gasteiger partial charge in [-0.25, -0.2) is 9.59 Å². The Morgan fingerprint density at radius 2 is 1.83 bits per heavy atom. The van der Waals surface area contributed by atoms with Gasteiger partial charge in [-0.1, -0.05) is 20.3 Å². The molecule has 0 aliphatic carbocycles. The molecule has 1 heterocycles. The van der Waals surface area contributed by atoms with Gasteiger partial charge in [0.05, 0.1) is 0 Å². The maximum absolute atomic E-state index is 12.0. The minimum atomic E-state index is -0.966. The maximum atomic E-state index is 12.0. The summed E-state index contributed by atoms with van der Waals surface area (Å²) in [6.07, 6.45) is 0.722. The number of carboxylic acids is 1. The van der Waals surface area contributed by atoms with Crippen LogP contribution in [0.25, 0.3) is 0 Å². The Hall–Kier alpha value is -1.30. The van der Waals surface area contributed by atoms with E-state index >= 15 is 0 Å². The Balaban J connectivity index is 2.53. The summed E-state index contributed by atoms with van der Waals surface area (Å²) in [7, 11) is 2.01. The number of amides is 2. The van der Waals surface area contributed by atoms with Gasteiger partial charge in [0.25, 0.3) is 0 Å². The fraction of sp³-hybridized carbons (Fsp3) is 0.833. The molecule has 1 aliphatic heterocycles. The summed E-state index contributed by atoms with van der Waals surface area (Å²) in [6.45, 7) is 6.71. The zero-order valence-electron chi connectivity index (χ0n) is 11.3. The molecule has 0 radical (unpaired) electrons. The molecule has 1 unspecified atom stereocenters. The number of rotatable bonds is 4. The number of carboxylic acid groups (broad SMARTS) is 1. The number of urea groups is 1. The molecule has 1 aliphatic rings. The number of nitrogens with zero attached hydrogens (tertiary/aromatic N) is 2. The van der Waals surface area contributed by atoms with E-state index in [2.05, 4.69) is 10.2 Å². The van der Waals surface area contributed by atoms with Gasteiger partial charge in [0.15, 0.2) is 0 Å². The van der Waals surface area contributed by atoms with Gasteiger partial charge in [0.1, 0.15) is 6.04 Å². The standard InChI is InChI=1S/C12H23N3O3/c1-4-9(2)10(11(16)17)13-12(18)15-7-5-14(3)6-8-15/h9-10H,4-8H2,1-3H3,(H,13,18)(H,16,17)/t9?,10-/m0/s1. The number of piperazine rings is 1. The maximum Gasteiger partial charge on any atom is 0.326 e. The molecule has 0 bridgehead atoms. The topological polar surface area (TPSA) is 72.9 Å². The van der Waals surface area contributed by atoms with Crippen molar-refractivity contribution in [3.05, 3.63) is 0 Å². The van der Waals surface area contributed by atoms with Crippen LogP contribution in [0.2, 0.25) is 0 Å². The second-order valence-electron chi connectivity index (χ2n) is 4.94. The van der Waals surface area contributed by atoms with Crippen molar-refractivity contribution in [3.63, 3.8) is 0 Å². The summed E-state index contributed by atoms with van der Waals surface area (Å²) in [5, 5.41) is 11.7. The van der Waals surface area contributed by atoms with E-state index in [1.165, 1.54) is 0 Å². The van der Waals surface area contributed by atoms with Crippen LogP contribution in [0.15, 0.2) is 0 Å². The van der Waals surface area contributed by atoms with Crippen molar-refractivity contribution in [1.82, 2.24) is 15.1 Å². The van der Waals surface area contributed by atoms with E-state index in [4.69, 9.17) is 5.11 Å². The quantitative estimate of drug-likeness (QED) is 0.766. The molecular formula is C12H23N3O3. The highest BCUT2D eigenvalue weighted by atomic mass is 16.4. The Labute approximate surface area is 108 Å². The summed E-state index contributed by atoms with van der Waals surface area (Å²) in [5.74, 6) is -1.04. The van der Waals surface area contributed by atoms with Gasteiger partial charge >= 0.3 is 12.0 Å². The van der Waals surface area contributed by atoms with E-state index in [0.29, 0.717) is 13.1 Å². The summed E-state index contributed by atoms with van der Waals surface area (Å²) in [5.41, 5.74) is 0. The first-order valence-corrected chi connectivity index (χ1v) is 6.42. The molecule has 1 saturated heterocycles. The van der Waals surface area contributed by atoms with Gasteiger partial charge in [0, 0.05) is 26.2 Å². The van der Waals surface area contributed by atoms with Crippen LogP contribution in [0, 0.1) is 5.92 Å². The van der Waals surface area contributed by atoms with Crippen LogP contribution >= 0.6 is 0 Å². The van der Waals surface area contributed by atoms with Gasteiger partial charge in [0.2, 0.25) is 0 Å². The lowest BCUT2D eigenvalue weighted by Crippen LogP contribution is -2.55. The van der Waals surface area contributed by atoms with Crippen molar-refractivity contribution < 1.29 is 14.7 Å². The largest absolute Gasteiger partial charge is 0.480 e. The van der Waals surface area contributed by atoms with Crippen LogP contribution in [0.3, 0.4) is 0 Å². The van der Waals surface area contributed by atoms with Crippen LogP contribution in [-0.4, -0.2) is 66.2 Å². The van der Waals surface area contributed by atoms with Crippen LogP contribution in [0.5, 0.6) is 0 Å². The normalized spacial score (nSPS) is 20.3. The highest BCUT2D eigenvalue weighted by Gasteiger charge is 2.28. The lowest BCUT2D eigenvalue weighted by molar-refractivity contribution is -0.140. The number of aliphatic carboxylic acids is 1. The molecule has 0 aromatic carbocycles. The van der Waals surface area contributed by atoms with Gasteiger partial charge in [-0.2, -0.15) is 0 Å². The first-order chi connectivity index (χ1) is 8.45. The third kappa shape index (κ3) is 3.87. The molecular weight excluding hydrogens is 234 g/mol. The van der Waals surface area contributed by atoms with Crippen molar-refractivity contribution in [3.8, 4) is 0 Å². The molecule has 18 heavy (non-hydrogen) atoms. The zero-order chi connectivity index (χ0) is 13.7. The van der Waals surface area contributed by atoms with Gasteiger partial charge in [-0.3, -0.25) is 0 Å². The summed E-state index contributed by atoms with van der Waals surface area (Å²) >= 11 is 0. The highest BCUT2D eigenvalue weighted by Crippen LogP contribution is 2.09. The van der Waals surface area contributed by atoms with E-state index in [9.17, 15) is 9.59 Å². The molecule has 2 N–H and O–H groups in total. The Morgan fingerprint density at radius 3 is 2.28 bits per heavy atom. The molecule has 104 valence electrons. The smallest absolute Gasteiger partial charge is 0.326 e. The van der Waals surface area contributed by atoms with E-state index in [1.807, 2.05) is 20.9 Å². The average molecular weight is 257 g/mol. The first kappa shape index (κ1) is 14.8.